The average Bonchev–Trinajstić information content (AvgIpc) is 3.34. The predicted octanol–water partition coefficient (Wildman–Crippen LogP) is 3.11. The molecule has 0 aromatic carbocycles. The van der Waals surface area contributed by atoms with E-state index in [4.69, 9.17) is 34.2 Å². The molecule has 3 heterocycles. The molecule has 21 atom stereocenters. The van der Waals surface area contributed by atoms with E-state index in [0.717, 1.165) is 51.4 Å². The third kappa shape index (κ3) is 6.88. The van der Waals surface area contributed by atoms with Crippen LogP contribution in [0.2, 0.25) is 0 Å². The lowest BCUT2D eigenvalue weighted by Crippen LogP contribution is -2.63. The minimum Gasteiger partial charge on any atom is -0.390 e. The third-order valence-corrected chi connectivity index (χ3v) is 15.4. The molecule has 7 fully saturated rings. The molecule has 0 bridgehead atoms. The van der Waals surface area contributed by atoms with Crippen molar-refractivity contribution in [3.05, 3.63) is 0 Å². The smallest absolute Gasteiger partial charge is 0.161 e. The highest BCUT2D eigenvalue weighted by Gasteiger charge is 2.67. The van der Waals surface area contributed by atoms with Gasteiger partial charge < -0.3 is 59.7 Å². The molecule has 7 N–H and O–H groups in total. The minimum absolute atomic E-state index is 0.0579. The highest BCUT2D eigenvalue weighted by molar-refractivity contribution is 5.17. The van der Waals surface area contributed by atoms with Gasteiger partial charge in [-0.05, 0) is 115 Å². The fourth-order valence-electron chi connectivity index (χ4n) is 12.5. The topological polar surface area (TPSA) is 183 Å². The van der Waals surface area contributed by atoms with Crippen LogP contribution in [0.3, 0.4) is 0 Å². The van der Waals surface area contributed by atoms with Crippen LogP contribution in [0.1, 0.15) is 119 Å². The number of hydrogen-bond acceptors (Lipinski definition) is 12. The molecule has 7 rings (SSSR count). The van der Waals surface area contributed by atoms with Gasteiger partial charge in [0, 0.05) is 30.7 Å². The van der Waals surface area contributed by atoms with Gasteiger partial charge in [0.25, 0.3) is 0 Å². The number of rotatable bonds is 7. The summed E-state index contributed by atoms with van der Waals surface area (Å²) in [5.41, 5.74) is 5.93. The summed E-state index contributed by atoms with van der Waals surface area (Å²) in [5, 5.41) is 54.7. The Hall–Kier alpha value is -0.480. The number of fused-ring (bicyclic) bond motifs is 5. The molecule has 7 aliphatic rings. The summed E-state index contributed by atoms with van der Waals surface area (Å²) >= 11 is 0. The van der Waals surface area contributed by atoms with Crippen molar-refractivity contribution in [1.82, 2.24) is 0 Å². The van der Waals surface area contributed by atoms with Crippen molar-refractivity contribution in [2.45, 2.75) is 210 Å². The van der Waals surface area contributed by atoms with E-state index in [2.05, 4.69) is 20.8 Å². The Bertz CT molecular complexity index is 1180. The Balaban J connectivity index is 0.896. The molecule has 51 heavy (non-hydrogen) atoms. The quantitative estimate of drug-likeness (QED) is 0.211. The van der Waals surface area contributed by atoms with E-state index in [1.165, 1.54) is 6.42 Å². The number of nitrogens with two attached hydrogens (primary N) is 1. The largest absolute Gasteiger partial charge is 0.390 e. The van der Waals surface area contributed by atoms with Gasteiger partial charge in [0.1, 0.15) is 18.3 Å². The molecular weight excluding hydrogens is 658 g/mol. The van der Waals surface area contributed by atoms with Gasteiger partial charge in [-0.2, -0.15) is 0 Å². The minimum atomic E-state index is -0.988. The van der Waals surface area contributed by atoms with E-state index in [1.807, 2.05) is 6.92 Å². The van der Waals surface area contributed by atoms with Crippen LogP contribution in [0.15, 0.2) is 0 Å². The number of aliphatic hydroxyl groups is 5. The Morgan fingerprint density at radius 3 is 1.78 bits per heavy atom. The van der Waals surface area contributed by atoms with Gasteiger partial charge in [-0.15, -0.1) is 0 Å². The highest BCUT2D eigenvalue weighted by atomic mass is 16.7. The molecule has 0 aromatic rings. The summed E-state index contributed by atoms with van der Waals surface area (Å²) in [6, 6.07) is 0.107. The molecule has 0 spiro atoms. The van der Waals surface area contributed by atoms with Crippen LogP contribution in [-0.2, 0) is 28.4 Å². The SMILES string of the molecule is CC(N)[C@H]1CC[C@]2(O)[C@@H]3CC[C@@H]4C[C@@H](O[C@H]5C[C@H](O)[C@H](O[C@H]6C[C@H](O)[C@H](O[C@H]7C[C@H](O)[C@H](O)[C@@H](C)O7)[C@@H](C)O6)[C@@H](C)O5)CC[C@]4(C)[C@H]3CC[C@]12C. The second-order valence-electron chi connectivity index (χ2n) is 18.3. The third-order valence-electron chi connectivity index (χ3n) is 15.4. The molecule has 0 amide bonds. The average molecular weight is 726 g/mol. The van der Waals surface area contributed by atoms with Gasteiger partial charge in [-0.25, -0.2) is 0 Å². The van der Waals surface area contributed by atoms with Crippen molar-refractivity contribution in [2.24, 2.45) is 40.2 Å². The van der Waals surface area contributed by atoms with Crippen LogP contribution < -0.4 is 5.73 Å². The molecule has 4 saturated carbocycles. The van der Waals surface area contributed by atoms with Crippen molar-refractivity contribution in [2.75, 3.05) is 0 Å². The number of hydrogen-bond donors (Lipinski definition) is 6. The van der Waals surface area contributed by atoms with Crippen LogP contribution in [0.4, 0.5) is 0 Å². The summed E-state index contributed by atoms with van der Waals surface area (Å²) in [7, 11) is 0. The van der Waals surface area contributed by atoms with E-state index in [0.29, 0.717) is 23.7 Å². The summed E-state index contributed by atoms with van der Waals surface area (Å²) in [4.78, 5) is 0. The zero-order valence-corrected chi connectivity index (χ0v) is 31.6. The fourth-order valence-corrected chi connectivity index (χ4v) is 12.5. The Morgan fingerprint density at radius 2 is 1.22 bits per heavy atom. The van der Waals surface area contributed by atoms with Crippen molar-refractivity contribution in [1.29, 1.82) is 0 Å². The second-order valence-corrected chi connectivity index (χ2v) is 18.3. The van der Waals surface area contributed by atoms with Gasteiger partial charge >= 0.3 is 0 Å². The predicted molar refractivity (Wildman–Crippen MR) is 186 cm³/mol. The first-order valence-electron chi connectivity index (χ1n) is 20.2. The second kappa shape index (κ2) is 14.5. The standard InChI is InChI=1S/C39H67NO11/c1-19(40)25-11-14-39(45)27-8-7-23-15-24(9-12-37(23,5)26(27)10-13-38(25,39)6)49-31-17-29(42)35(21(3)47-31)51-33-18-30(43)36(22(4)48-33)50-32-16-28(41)34(44)20(2)46-32/h19-36,41-45H,7-18,40H2,1-6H3/t19?,20-,21-,22-,23-,24+,25-,26+,27-,28+,29+,30+,31+,32+,33+,34-,35-,36-,37+,38-,39+/m1/s1. The first kappa shape index (κ1) is 38.8. The molecule has 3 saturated heterocycles. The first-order chi connectivity index (χ1) is 24.0. The maximum atomic E-state index is 12.4. The van der Waals surface area contributed by atoms with Crippen LogP contribution >= 0.6 is 0 Å². The molecule has 4 aliphatic carbocycles. The molecule has 0 aromatic heterocycles. The van der Waals surface area contributed by atoms with Crippen LogP contribution in [0, 0.1) is 34.5 Å². The molecule has 12 heteroatoms. The molecule has 12 nitrogen and oxygen atoms in total. The summed E-state index contributed by atoms with van der Waals surface area (Å²) in [6.45, 7) is 12.3. The van der Waals surface area contributed by atoms with Crippen molar-refractivity contribution >= 4 is 0 Å². The van der Waals surface area contributed by atoms with Gasteiger partial charge in [-0.3, -0.25) is 0 Å². The normalized spacial score (nSPS) is 56.8. The van der Waals surface area contributed by atoms with E-state index < -0.39 is 79.4 Å². The van der Waals surface area contributed by atoms with Crippen LogP contribution in [0.25, 0.3) is 0 Å². The lowest BCUT2D eigenvalue weighted by molar-refractivity contribution is -0.336. The maximum absolute atomic E-state index is 12.4. The molecule has 1 unspecified atom stereocenters. The van der Waals surface area contributed by atoms with Gasteiger partial charge in [0.05, 0.1) is 48.3 Å². The summed E-state index contributed by atoms with van der Waals surface area (Å²) < 4.78 is 36.9. The Labute approximate surface area is 304 Å². The lowest BCUT2D eigenvalue weighted by Gasteiger charge is -2.64. The van der Waals surface area contributed by atoms with E-state index in [1.54, 1.807) is 13.8 Å². The molecule has 0 radical (unpaired) electrons. The monoisotopic (exact) mass is 725 g/mol. The van der Waals surface area contributed by atoms with E-state index in [9.17, 15) is 25.5 Å². The lowest BCUT2D eigenvalue weighted by atomic mass is 9.43. The Kier molecular flexibility index (Phi) is 11.1. The molecule has 3 aliphatic heterocycles. The van der Waals surface area contributed by atoms with Gasteiger partial charge in [-0.1, -0.05) is 13.8 Å². The van der Waals surface area contributed by atoms with Crippen molar-refractivity contribution < 1.29 is 54.0 Å². The number of aliphatic hydroxyl groups excluding tert-OH is 4. The van der Waals surface area contributed by atoms with Crippen LogP contribution in [0.5, 0.6) is 0 Å². The van der Waals surface area contributed by atoms with Gasteiger partial charge in [0.2, 0.25) is 0 Å². The zero-order valence-electron chi connectivity index (χ0n) is 31.6. The van der Waals surface area contributed by atoms with Gasteiger partial charge in [0.15, 0.2) is 18.9 Å². The zero-order chi connectivity index (χ0) is 36.6. The van der Waals surface area contributed by atoms with Crippen molar-refractivity contribution in [3.8, 4) is 0 Å². The van der Waals surface area contributed by atoms with E-state index in [-0.39, 0.29) is 42.2 Å². The fraction of sp³-hybridized carbons (Fsp3) is 1.00. The number of ether oxygens (including phenoxy) is 6. The summed E-state index contributed by atoms with van der Waals surface area (Å²) in [6.07, 6.45) is 1.07. The maximum Gasteiger partial charge on any atom is 0.161 e. The van der Waals surface area contributed by atoms with Crippen LogP contribution in [-0.4, -0.2) is 117 Å². The molecule has 294 valence electrons. The molecular formula is C39H67NO11. The summed E-state index contributed by atoms with van der Waals surface area (Å²) in [5.74, 6) is 1.77. The highest BCUT2D eigenvalue weighted by Crippen LogP contribution is 2.69. The Morgan fingerprint density at radius 1 is 0.647 bits per heavy atom. The van der Waals surface area contributed by atoms with Crippen molar-refractivity contribution in [3.63, 3.8) is 0 Å². The first-order valence-corrected chi connectivity index (χ1v) is 20.2. The van der Waals surface area contributed by atoms with E-state index >= 15 is 0 Å².